The molecule has 1 atom stereocenters. The lowest BCUT2D eigenvalue weighted by Gasteiger charge is -2.21. The average Bonchev–Trinajstić information content (AvgIpc) is 2.47. The fraction of sp³-hybridized carbons (Fsp3) is 0.700. The summed E-state index contributed by atoms with van der Waals surface area (Å²) in [5, 5.41) is 13.0. The maximum Gasteiger partial charge on any atom is 0.0907 e. The number of rotatable bonds is 5. The fourth-order valence-electron chi connectivity index (χ4n) is 1.25. The predicted molar refractivity (Wildman–Crippen MR) is 57.7 cm³/mol. The molecule has 0 aliphatic carbocycles. The van der Waals surface area contributed by atoms with Gasteiger partial charge in [0, 0.05) is 18.4 Å². The van der Waals surface area contributed by atoms with E-state index in [0.29, 0.717) is 19.6 Å². The molecular weight excluding hydrogens is 198 g/mol. The summed E-state index contributed by atoms with van der Waals surface area (Å²) in [5.41, 5.74) is 0.133. The van der Waals surface area contributed by atoms with Crippen molar-refractivity contribution in [2.24, 2.45) is 0 Å². The maximum atomic E-state index is 9.95. The van der Waals surface area contributed by atoms with Gasteiger partial charge in [-0.2, -0.15) is 0 Å². The van der Waals surface area contributed by atoms with Gasteiger partial charge in [-0.3, -0.25) is 0 Å². The molecule has 0 saturated carbocycles. The largest absolute Gasteiger partial charge is 0.387 e. The summed E-state index contributed by atoms with van der Waals surface area (Å²) in [6.45, 7) is 6.65. The molecule has 0 aliphatic heterocycles. The van der Waals surface area contributed by atoms with Crippen molar-refractivity contribution in [2.75, 3.05) is 13.2 Å². The second kappa shape index (κ2) is 4.87. The van der Waals surface area contributed by atoms with Crippen LogP contribution in [-0.2, 0) is 11.2 Å². The monoisotopic (exact) mass is 215 g/mol. The van der Waals surface area contributed by atoms with Crippen LogP contribution in [0.5, 0.6) is 0 Å². The standard InChI is InChI=1S/C10H17NO2S/c1-4-13-7-10(3,12)5-9-6-14-8(2)11-9/h6,12H,4-5,7H2,1-3H3. The van der Waals surface area contributed by atoms with Crippen LogP contribution in [0.4, 0.5) is 0 Å². The molecule has 1 aromatic rings. The zero-order valence-electron chi connectivity index (χ0n) is 8.91. The van der Waals surface area contributed by atoms with Crippen LogP contribution < -0.4 is 0 Å². The first kappa shape index (κ1) is 11.6. The van der Waals surface area contributed by atoms with Crippen LogP contribution >= 0.6 is 11.3 Å². The molecule has 1 N–H and O–H groups in total. The van der Waals surface area contributed by atoms with E-state index >= 15 is 0 Å². The number of hydrogen-bond donors (Lipinski definition) is 1. The Bertz CT molecular complexity index is 283. The van der Waals surface area contributed by atoms with E-state index in [2.05, 4.69) is 4.98 Å². The van der Waals surface area contributed by atoms with Crippen molar-refractivity contribution in [1.29, 1.82) is 0 Å². The minimum absolute atomic E-state index is 0.361. The summed E-state index contributed by atoms with van der Waals surface area (Å²) in [4.78, 5) is 4.31. The lowest BCUT2D eigenvalue weighted by molar-refractivity contribution is -0.0301. The summed E-state index contributed by atoms with van der Waals surface area (Å²) < 4.78 is 5.20. The Kier molecular flexibility index (Phi) is 4.04. The topological polar surface area (TPSA) is 42.4 Å². The maximum absolute atomic E-state index is 9.95. The molecule has 1 heterocycles. The molecule has 0 fully saturated rings. The Labute approximate surface area is 88.8 Å². The first-order chi connectivity index (χ1) is 6.53. The number of aliphatic hydroxyl groups is 1. The molecule has 3 nitrogen and oxygen atoms in total. The van der Waals surface area contributed by atoms with Crippen LogP contribution in [0.15, 0.2) is 5.38 Å². The summed E-state index contributed by atoms with van der Waals surface area (Å²) in [6.07, 6.45) is 0.553. The van der Waals surface area contributed by atoms with Gasteiger partial charge in [0.05, 0.1) is 22.9 Å². The number of aryl methyl sites for hydroxylation is 1. The van der Waals surface area contributed by atoms with Crippen molar-refractivity contribution in [3.63, 3.8) is 0 Å². The highest BCUT2D eigenvalue weighted by atomic mass is 32.1. The van der Waals surface area contributed by atoms with Gasteiger partial charge in [0.15, 0.2) is 0 Å². The second-order valence-electron chi connectivity index (χ2n) is 3.67. The number of thiazole rings is 1. The summed E-state index contributed by atoms with van der Waals surface area (Å²) in [5.74, 6) is 0. The van der Waals surface area contributed by atoms with E-state index in [1.165, 1.54) is 0 Å². The third-order valence-electron chi connectivity index (χ3n) is 1.85. The van der Waals surface area contributed by atoms with Crippen molar-refractivity contribution in [3.05, 3.63) is 16.1 Å². The van der Waals surface area contributed by atoms with Crippen LogP contribution in [0.3, 0.4) is 0 Å². The van der Waals surface area contributed by atoms with E-state index < -0.39 is 5.60 Å². The molecule has 14 heavy (non-hydrogen) atoms. The number of hydrogen-bond acceptors (Lipinski definition) is 4. The highest BCUT2D eigenvalue weighted by molar-refractivity contribution is 7.09. The van der Waals surface area contributed by atoms with Gasteiger partial charge in [0.1, 0.15) is 0 Å². The molecule has 0 aliphatic rings. The number of aromatic nitrogens is 1. The van der Waals surface area contributed by atoms with E-state index in [1.54, 1.807) is 18.3 Å². The molecule has 0 saturated heterocycles. The van der Waals surface area contributed by atoms with Crippen molar-refractivity contribution in [2.45, 2.75) is 32.8 Å². The number of ether oxygens (including phenoxy) is 1. The van der Waals surface area contributed by atoms with Gasteiger partial charge in [0.2, 0.25) is 0 Å². The SMILES string of the molecule is CCOCC(C)(O)Cc1csc(C)n1. The van der Waals surface area contributed by atoms with Crippen LogP contribution in [0.1, 0.15) is 24.5 Å². The van der Waals surface area contributed by atoms with E-state index in [0.717, 1.165) is 10.7 Å². The van der Waals surface area contributed by atoms with E-state index in [9.17, 15) is 5.11 Å². The smallest absolute Gasteiger partial charge is 0.0907 e. The Balaban J connectivity index is 2.49. The molecule has 1 unspecified atom stereocenters. The summed E-state index contributed by atoms with van der Waals surface area (Å²) in [6, 6.07) is 0. The quantitative estimate of drug-likeness (QED) is 0.814. The zero-order valence-corrected chi connectivity index (χ0v) is 9.73. The van der Waals surface area contributed by atoms with Gasteiger partial charge in [0.25, 0.3) is 0 Å². The minimum Gasteiger partial charge on any atom is -0.387 e. The Morgan fingerprint density at radius 2 is 2.36 bits per heavy atom. The molecule has 0 radical (unpaired) electrons. The summed E-state index contributed by atoms with van der Waals surface area (Å²) >= 11 is 1.61. The van der Waals surface area contributed by atoms with Gasteiger partial charge in [-0.05, 0) is 20.8 Å². The first-order valence-electron chi connectivity index (χ1n) is 4.74. The molecule has 0 spiro atoms. The third kappa shape index (κ3) is 3.74. The molecule has 0 aromatic carbocycles. The van der Waals surface area contributed by atoms with Crippen LogP contribution in [-0.4, -0.2) is 28.9 Å². The highest BCUT2D eigenvalue weighted by Crippen LogP contribution is 2.16. The fourth-order valence-corrected chi connectivity index (χ4v) is 1.87. The van der Waals surface area contributed by atoms with Gasteiger partial charge < -0.3 is 9.84 Å². The lowest BCUT2D eigenvalue weighted by atomic mass is 10.0. The van der Waals surface area contributed by atoms with Crippen molar-refractivity contribution in [1.82, 2.24) is 4.98 Å². The molecule has 1 aromatic heterocycles. The molecule has 1 rings (SSSR count). The number of nitrogens with zero attached hydrogens (tertiary/aromatic N) is 1. The van der Waals surface area contributed by atoms with Crippen LogP contribution in [0.2, 0.25) is 0 Å². The second-order valence-corrected chi connectivity index (χ2v) is 4.73. The normalized spacial score (nSPS) is 15.4. The third-order valence-corrected chi connectivity index (χ3v) is 2.67. The van der Waals surface area contributed by atoms with Gasteiger partial charge in [-0.15, -0.1) is 11.3 Å². The molecule has 4 heteroatoms. The Morgan fingerprint density at radius 3 is 2.86 bits per heavy atom. The zero-order chi connectivity index (χ0) is 10.6. The Morgan fingerprint density at radius 1 is 1.64 bits per heavy atom. The predicted octanol–water partition coefficient (Wildman–Crippen LogP) is 1.78. The van der Waals surface area contributed by atoms with Crippen molar-refractivity contribution in [3.8, 4) is 0 Å². The molecule has 0 amide bonds. The minimum atomic E-state index is -0.809. The van der Waals surface area contributed by atoms with E-state index in [4.69, 9.17) is 4.74 Å². The lowest BCUT2D eigenvalue weighted by Crippen LogP contribution is -2.33. The Hall–Kier alpha value is -0.450. The molecule has 80 valence electrons. The van der Waals surface area contributed by atoms with Crippen LogP contribution in [0, 0.1) is 6.92 Å². The highest BCUT2D eigenvalue weighted by Gasteiger charge is 2.22. The first-order valence-corrected chi connectivity index (χ1v) is 5.62. The van der Waals surface area contributed by atoms with Crippen molar-refractivity contribution < 1.29 is 9.84 Å². The van der Waals surface area contributed by atoms with E-state index in [-0.39, 0.29) is 0 Å². The van der Waals surface area contributed by atoms with Crippen molar-refractivity contribution >= 4 is 11.3 Å². The molecule has 0 bridgehead atoms. The average molecular weight is 215 g/mol. The summed E-state index contributed by atoms with van der Waals surface area (Å²) in [7, 11) is 0. The van der Waals surface area contributed by atoms with E-state index in [1.807, 2.05) is 19.2 Å². The van der Waals surface area contributed by atoms with Gasteiger partial charge in [-0.1, -0.05) is 0 Å². The molecular formula is C10H17NO2S. The van der Waals surface area contributed by atoms with Gasteiger partial charge >= 0.3 is 0 Å². The van der Waals surface area contributed by atoms with Gasteiger partial charge in [-0.25, -0.2) is 4.98 Å². The van der Waals surface area contributed by atoms with Crippen LogP contribution in [0.25, 0.3) is 0 Å².